The van der Waals surface area contributed by atoms with E-state index in [2.05, 4.69) is 6.07 Å². The first kappa shape index (κ1) is 9.54. The lowest BCUT2D eigenvalue weighted by atomic mass is 10.0. The lowest BCUT2D eigenvalue weighted by Gasteiger charge is -2.06. The molecule has 3 nitrogen and oxygen atoms in total. The van der Waals surface area contributed by atoms with Crippen molar-refractivity contribution in [3.8, 4) is 0 Å². The average molecular weight is 231 g/mol. The SMILES string of the molecule is O=[N+]([O-])C1=Cc2c(sc3ccccc23)CC1. The molecule has 1 aromatic heterocycles. The summed E-state index contributed by atoms with van der Waals surface area (Å²) in [6, 6.07) is 8.08. The van der Waals surface area contributed by atoms with Crippen LogP contribution >= 0.6 is 11.3 Å². The zero-order chi connectivity index (χ0) is 11.1. The van der Waals surface area contributed by atoms with Gasteiger partial charge in [-0.1, -0.05) is 18.2 Å². The van der Waals surface area contributed by atoms with E-state index in [1.807, 2.05) is 18.2 Å². The number of benzene rings is 1. The molecule has 0 aliphatic heterocycles. The molecule has 0 N–H and O–H groups in total. The molecule has 0 amide bonds. The van der Waals surface area contributed by atoms with Gasteiger partial charge in [0.15, 0.2) is 0 Å². The highest BCUT2D eigenvalue weighted by molar-refractivity contribution is 7.19. The summed E-state index contributed by atoms with van der Waals surface area (Å²) < 4.78 is 1.22. The van der Waals surface area contributed by atoms with Crippen LogP contribution in [0.15, 0.2) is 30.0 Å². The Morgan fingerprint density at radius 3 is 2.88 bits per heavy atom. The lowest BCUT2D eigenvalue weighted by Crippen LogP contribution is -2.04. The van der Waals surface area contributed by atoms with Gasteiger partial charge in [-0.2, -0.15) is 0 Å². The fraction of sp³-hybridized carbons (Fsp3) is 0.167. The molecule has 1 aliphatic rings. The van der Waals surface area contributed by atoms with Crippen LogP contribution < -0.4 is 0 Å². The molecule has 0 atom stereocenters. The third kappa shape index (κ3) is 1.34. The maximum atomic E-state index is 10.8. The van der Waals surface area contributed by atoms with Gasteiger partial charge >= 0.3 is 0 Å². The molecule has 4 heteroatoms. The Labute approximate surface area is 96.2 Å². The first-order valence-electron chi connectivity index (χ1n) is 5.11. The minimum atomic E-state index is -0.268. The van der Waals surface area contributed by atoms with Crippen LogP contribution in [0, 0.1) is 10.1 Å². The van der Waals surface area contributed by atoms with E-state index >= 15 is 0 Å². The molecular formula is C12H9NO2S. The van der Waals surface area contributed by atoms with Crippen molar-refractivity contribution in [2.24, 2.45) is 0 Å². The third-order valence-corrected chi connectivity index (χ3v) is 4.11. The van der Waals surface area contributed by atoms with Gasteiger partial charge in [0.1, 0.15) is 0 Å². The van der Waals surface area contributed by atoms with Crippen LogP contribution in [0.25, 0.3) is 16.2 Å². The molecule has 0 saturated heterocycles. The Bertz CT molecular complexity index is 613. The second kappa shape index (κ2) is 3.42. The summed E-state index contributed by atoms with van der Waals surface area (Å²) >= 11 is 1.75. The first-order valence-corrected chi connectivity index (χ1v) is 5.93. The van der Waals surface area contributed by atoms with E-state index in [0.717, 1.165) is 17.4 Å². The molecule has 0 bridgehead atoms. The zero-order valence-corrected chi connectivity index (χ0v) is 9.29. The van der Waals surface area contributed by atoms with E-state index < -0.39 is 0 Å². The number of nitro groups is 1. The van der Waals surface area contributed by atoms with E-state index in [0.29, 0.717) is 12.1 Å². The molecule has 1 aliphatic carbocycles. The summed E-state index contributed by atoms with van der Waals surface area (Å²) in [5.74, 6) is 0. The van der Waals surface area contributed by atoms with E-state index in [1.165, 1.54) is 9.58 Å². The Kier molecular flexibility index (Phi) is 2.04. The van der Waals surface area contributed by atoms with Crippen molar-refractivity contribution < 1.29 is 4.92 Å². The van der Waals surface area contributed by atoms with Gasteiger partial charge in [-0.3, -0.25) is 10.1 Å². The summed E-state index contributed by atoms with van der Waals surface area (Å²) in [5, 5.41) is 11.9. The summed E-state index contributed by atoms with van der Waals surface area (Å²) in [5.41, 5.74) is 1.38. The molecule has 0 spiro atoms. The first-order chi connectivity index (χ1) is 7.75. The van der Waals surface area contributed by atoms with Crippen molar-refractivity contribution in [1.82, 2.24) is 0 Å². The molecule has 16 heavy (non-hydrogen) atoms. The number of aryl methyl sites for hydroxylation is 1. The summed E-state index contributed by atoms with van der Waals surface area (Å²) in [6.07, 6.45) is 3.08. The van der Waals surface area contributed by atoms with Crippen LogP contribution in [-0.2, 0) is 6.42 Å². The number of rotatable bonds is 1. The second-order valence-electron chi connectivity index (χ2n) is 3.83. The number of hydrogen-bond donors (Lipinski definition) is 0. The van der Waals surface area contributed by atoms with Crippen molar-refractivity contribution in [3.63, 3.8) is 0 Å². The highest BCUT2D eigenvalue weighted by Crippen LogP contribution is 2.37. The maximum Gasteiger partial charge on any atom is 0.247 e. The largest absolute Gasteiger partial charge is 0.259 e. The van der Waals surface area contributed by atoms with E-state index in [-0.39, 0.29) is 4.92 Å². The Morgan fingerprint density at radius 2 is 2.06 bits per heavy atom. The van der Waals surface area contributed by atoms with Gasteiger partial charge in [0.25, 0.3) is 0 Å². The van der Waals surface area contributed by atoms with Crippen LogP contribution in [0.2, 0.25) is 0 Å². The minimum Gasteiger partial charge on any atom is -0.259 e. The van der Waals surface area contributed by atoms with Crippen molar-refractivity contribution in [2.75, 3.05) is 0 Å². The van der Waals surface area contributed by atoms with Gasteiger partial charge in [-0.05, 0) is 12.5 Å². The average Bonchev–Trinajstić information content (AvgIpc) is 2.66. The highest BCUT2D eigenvalue weighted by Gasteiger charge is 2.21. The fourth-order valence-electron chi connectivity index (χ4n) is 2.08. The quantitative estimate of drug-likeness (QED) is 0.557. The van der Waals surface area contributed by atoms with Crippen LogP contribution in [0.5, 0.6) is 0 Å². The van der Waals surface area contributed by atoms with Crippen molar-refractivity contribution in [3.05, 3.63) is 50.5 Å². The number of nitrogens with zero attached hydrogens (tertiary/aromatic N) is 1. The molecule has 3 rings (SSSR count). The third-order valence-electron chi connectivity index (χ3n) is 2.86. The highest BCUT2D eigenvalue weighted by atomic mass is 32.1. The van der Waals surface area contributed by atoms with Gasteiger partial charge in [0.2, 0.25) is 5.70 Å². The van der Waals surface area contributed by atoms with Crippen molar-refractivity contribution in [2.45, 2.75) is 12.8 Å². The van der Waals surface area contributed by atoms with Crippen LogP contribution in [0.1, 0.15) is 16.9 Å². The Hall–Kier alpha value is -1.68. The van der Waals surface area contributed by atoms with Gasteiger partial charge in [0, 0.05) is 33.0 Å². The van der Waals surface area contributed by atoms with Gasteiger partial charge in [0.05, 0.1) is 4.92 Å². The number of fused-ring (bicyclic) bond motifs is 3. The molecule has 0 radical (unpaired) electrons. The summed E-state index contributed by atoms with van der Waals surface area (Å²) in [6.45, 7) is 0. The standard InChI is InChI=1S/C12H9NO2S/c14-13(15)8-5-6-12-10(7-8)9-3-1-2-4-11(9)16-12/h1-4,7H,5-6H2. The van der Waals surface area contributed by atoms with Crippen LogP contribution in [-0.4, -0.2) is 4.92 Å². The van der Waals surface area contributed by atoms with E-state index in [1.54, 1.807) is 17.4 Å². The topological polar surface area (TPSA) is 43.1 Å². The summed E-state index contributed by atoms with van der Waals surface area (Å²) in [7, 11) is 0. The van der Waals surface area contributed by atoms with Crippen molar-refractivity contribution in [1.29, 1.82) is 0 Å². The fourth-order valence-corrected chi connectivity index (χ4v) is 3.27. The molecule has 0 unspecified atom stereocenters. The van der Waals surface area contributed by atoms with Gasteiger partial charge in [-0.15, -0.1) is 11.3 Å². The predicted molar refractivity (Wildman–Crippen MR) is 65.1 cm³/mol. The summed E-state index contributed by atoms with van der Waals surface area (Å²) in [4.78, 5) is 11.8. The molecule has 80 valence electrons. The monoisotopic (exact) mass is 231 g/mol. The van der Waals surface area contributed by atoms with Gasteiger partial charge < -0.3 is 0 Å². The Balaban J connectivity index is 2.26. The normalized spacial score (nSPS) is 14.6. The predicted octanol–water partition coefficient (Wildman–Crippen LogP) is 3.47. The molecule has 0 saturated carbocycles. The molecule has 1 heterocycles. The van der Waals surface area contributed by atoms with Crippen molar-refractivity contribution >= 4 is 27.5 Å². The van der Waals surface area contributed by atoms with Crippen LogP contribution in [0.4, 0.5) is 0 Å². The maximum absolute atomic E-state index is 10.8. The number of allylic oxidation sites excluding steroid dienone is 1. The minimum absolute atomic E-state index is 0.268. The molecule has 0 fully saturated rings. The zero-order valence-electron chi connectivity index (χ0n) is 8.47. The molecule has 1 aromatic carbocycles. The smallest absolute Gasteiger partial charge is 0.247 e. The number of thiophene rings is 1. The van der Waals surface area contributed by atoms with E-state index in [4.69, 9.17) is 0 Å². The van der Waals surface area contributed by atoms with E-state index in [9.17, 15) is 10.1 Å². The van der Waals surface area contributed by atoms with Crippen LogP contribution in [0.3, 0.4) is 0 Å². The van der Waals surface area contributed by atoms with Gasteiger partial charge in [-0.25, -0.2) is 0 Å². The second-order valence-corrected chi connectivity index (χ2v) is 4.96. The lowest BCUT2D eigenvalue weighted by molar-refractivity contribution is -0.426. The Morgan fingerprint density at radius 1 is 1.25 bits per heavy atom. The molecular weight excluding hydrogens is 222 g/mol. The number of hydrogen-bond acceptors (Lipinski definition) is 3. The molecule has 2 aromatic rings.